The molecule has 1 aliphatic heterocycles. The number of anilines is 1. The largest absolute Gasteiger partial charge is 0.370 e. The second-order valence-electron chi connectivity index (χ2n) is 4.10. The van der Waals surface area contributed by atoms with Crippen molar-refractivity contribution < 1.29 is 13.2 Å². The van der Waals surface area contributed by atoms with Gasteiger partial charge in [0.2, 0.25) is 15.9 Å². The second-order valence-corrected chi connectivity index (χ2v) is 6.04. The molecule has 1 aromatic rings. The number of sulfonamides is 1. The lowest BCUT2D eigenvalue weighted by Crippen LogP contribution is -2.49. The molecule has 0 aromatic carbocycles. The first-order chi connectivity index (χ1) is 9.04. The molecule has 1 fully saturated rings. The highest BCUT2D eigenvalue weighted by atomic mass is 32.2. The van der Waals surface area contributed by atoms with E-state index in [9.17, 15) is 13.2 Å². The molecule has 104 valence electrons. The molecule has 7 nitrogen and oxygen atoms in total. The van der Waals surface area contributed by atoms with Crippen molar-refractivity contribution in [3.05, 3.63) is 18.3 Å². The number of carbonyl (C=O) groups is 1. The van der Waals surface area contributed by atoms with Gasteiger partial charge in [-0.3, -0.25) is 4.79 Å². The molecule has 0 spiro atoms. The fraction of sp³-hybridized carbons (Fsp3) is 0.455. The van der Waals surface area contributed by atoms with Crippen molar-refractivity contribution in [1.82, 2.24) is 14.6 Å². The van der Waals surface area contributed by atoms with Gasteiger partial charge in [-0.15, -0.1) is 0 Å². The van der Waals surface area contributed by atoms with Crippen LogP contribution in [-0.2, 0) is 14.8 Å². The molecule has 0 atom stereocenters. The van der Waals surface area contributed by atoms with Crippen LogP contribution in [0.15, 0.2) is 23.2 Å². The third-order valence-corrected chi connectivity index (χ3v) is 4.56. The summed E-state index contributed by atoms with van der Waals surface area (Å²) < 4.78 is 25.7. The first kappa shape index (κ1) is 13.8. The molecule has 19 heavy (non-hydrogen) atoms. The Labute approximate surface area is 112 Å². The number of carbonyl (C=O) groups excluding carboxylic acids is 1. The van der Waals surface area contributed by atoms with Gasteiger partial charge in [0, 0.05) is 25.8 Å². The summed E-state index contributed by atoms with van der Waals surface area (Å²) in [5.74, 6) is 0.338. The number of hydrogen-bond acceptors (Lipinski definition) is 5. The SMILES string of the molecule is CCNc1ccc(S(=O)(=O)N2CCNC(=O)C2)cn1. The van der Waals surface area contributed by atoms with Gasteiger partial charge in [-0.25, -0.2) is 13.4 Å². The van der Waals surface area contributed by atoms with Gasteiger partial charge in [-0.1, -0.05) is 0 Å². The van der Waals surface area contributed by atoms with E-state index in [1.807, 2.05) is 6.92 Å². The normalized spacial score (nSPS) is 17.0. The Hall–Kier alpha value is -1.67. The summed E-state index contributed by atoms with van der Waals surface area (Å²) >= 11 is 0. The number of amides is 1. The Bertz CT molecular complexity index is 556. The Morgan fingerprint density at radius 2 is 2.26 bits per heavy atom. The van der Waals surface area contributed by atoms with Crippen LogP contribution in [0.2, 0.25) is 0 Å². The summed E-state index contributed by atoms with van der Waals surface area (Å²) in [4.78, 5) is 15.4. The van der Waals surface area contributed by atoms with Crippen molar-refractivity contribution in [1.29, 1.82) is 0 Å². The first-order valence-electron chi connectivity index (χ1n) is 6.01. The lowest BCUT2D eigenvalue weighted by atomic mass is 10.4. The molecule has 0 radical (unpaired) electrons. The first-order valence-corrected chi connectivity index (χ1v) is 7.45. The quantitative estimate of drug-likeness (QED) is 0.787. The molecule has 0 unspecified atom stereocenters. The van der Waals surface area contributed by atoms with Crippen molar-refractivity contribution in [3.8, 4) is 0 Å². The van der Waals surface area contributed by atoms with Crippen molar-refractivity contribution in [2.45, 2.75) is 11.8 Å². The van der Waals surface area contributed by atoms with Gasteiger partial charge in [0.15, 0.2) is 0 Å². The van der Waals surface area contributed by atoms with Crippen LogP contribution in [0.1, 0.15) is 6.92 Å². The molecule has 2 N–H and O–H groups in total. The molecule has 1 aromatic heterocycles. The van der Waals surface area contributed by atoms with Crippen LogP contribution in [0.4, 0.5) is 5.82 Å². The van der Waals surface area contributed by atoms with Crippen LogP contribution in [0.3, 0.4) is 0 Å². The van der Waals surface area contributed by atoms with Gasteiger partial charge >= 0.3 is 0 Å². The fourth-order valence-corrected chi connectivity index (χ4v) is 3.13. The van der Waals surface area contributed by atoms with Gasteiger partial charge in [-0.2, -0.15) is 4.31 Å². The monoisotopic (exact) mass is 284 g/mol. The maximum absolute atomic E-state index is 12.3. The topological polar surface area (TPSA) is 91.4 Å². The predicted octanol–water partition coefficient (Wildman–Crippen LogP) is -0.366. The van der Waals surface area contributed by atoms with Crippen LogP contribution in [-0.4, -0.2) is 49.8 Å². The third-order valence-electron chi connectivity index (χ3n) is 2.74. The summed E-state index contributed by atoms with van der Waals surface area (Å²) in [6.45, 7) is 3.12. The number of pyridine rings is 1. The minimum atomic E-state index is -3.64. The highest BCUT2D eigenvalue weighted by Gasteiger charge is 2.29. The van der Waals surface area contributed by atoms with Crippen molar-refractivity contribution in [3.63, 3.8) is 0 Å². The maximum Gasteiger partial charge on any atom is 0.245 e. The number of aromatic nitrogens is 1. The molecule has 1 aliphatic rings. The van der Waals surface area contributed by atoms with Gasteiger partial charge in [0.25, 0.3) is 0 Å². The summed E-state index contributed by atoms with van der Waals surface area (Å²) in [5.41, 5.74) is 0. The van der Waals surface area contributed by atoms with Crippen LogP contribution < -0.4 is 10.6 Å². The fourth-order valence-electron chi connectivity index (χ4n) is 1.79. The van der Waals surface area contributed by atoms with Gasteiger partial charge in [0.05, 0.1) is 6.54 Å². The van der Waals surface area contributed by atoms with E-state index in [0.29, 0.717) is 18.9 Å². The van der Waals surface area contributed by atoms with Crippen LogP contribution in [0.5, 0.6) is 0 Å². The number of hydrogen-bond donors (Lipinski definition) is 2. The zero-order valence-corrected chi connectivity index (χ0v) is 11.4. The molecular formula is C11H16N4O3S. The van der Waals surface area contributed by atoms with Crippen LogP contribution in [0.25, 0.3) is 0 Å². The van der Waals surface area contributed by atoms with E-state index in [-0.39, 0.29) is 23.9 Å². The molecule has 1 amide bonds. The van der Waals surface area contributed by atoms with Crippen LogP contribution >= 0.6 is 0 Å². The number of rotatable bonds is 4. The van der Waals surface area contributed by atoms with E-state index >= 15 is 0 Å². The van der Waals surface area contributed by atoms with Gasteiger partial charge < -0.3 is 10.6 Å². The summed E-state index contributed by atoms with van der Waals surface area (Å²) in [5, 5.41) is 5.58. The van der Waals surface area contributed by atoms with Crippen LogP contribution in [0, 0.1) is 0 Å². The summed E-state index contributed by atoms with van der Waals surface area (Å²) in [7, 11) is -3.64. The van der Waals surface area contributed by atoms with E-state index < -0.39 is 10.0 Å². The van der Waals surface area contributed by atoms with E-state index in [1.165, 1.54) is 12.3 Å². The molecule has 0 bridgehead atoms. The highest BCUT2D eigenvalue weighted by Crippen LogP contribution is 2.16. The molecule has 2 rings (SSSR count). The molecular weight excluding hydrogens is 268 g/mol. The van der Waals surface area contributed by atoms with E-state index in [0.717, 1.165) is 4.31 Å². The second kappa shape index (κ2) is 5.54. The molecule has 0 saturated carbocycles. The predicted molar refractivity (Wildman–Crippen MR) is 70.2 cm³/mol. The van der Waals surface area contributed by atoms with E-state index in [1.54, 1.807) is 6.07 Å². The zero-order chi connectivity index (χ0) is 13.9. The average molecular weight is 284 g/mol. The van der Waals surface area contributed by atoms with Crippen molar-refractivity contribution in [2.24, 2.45) is 0 Å². The van der Waals surface area contributed by atoms with E-state index in [4.69, 9.17) is 0 Å². The molecule has 2 heterocycles. The Kier molecular flexibility index (Phi) is 4.01. The molecule has 1 saturated heterocycles. The van der Waals surface area contributed by atoms with Gasteiger partial charge in [-0.05, 0) is 19.1 Å². The lowest BCUT2D eigenvalue weighted by Gasteiger charge is -2.25. The summed E-state index contributed by atoms with van der Waals surface area (Å²) in [6.07, 6.45) is 1.31. The van der Waals surface area contributed by atoms with Gasteiger partial charge in [0.1, 0.15) is 10.7 Å². The maximum atomic E-state index is 12.3. The Morgan fingerprint density at radius 3 is 2.84 bits per heavy atom. The number of nitrogens with zero attached hydrogens (tertiary/aromatic N) is 2. The smallest absolute Gasteiger partial charge is 0.245 e. The Morgan fingerprint density at radius 1 is 1.47 bits per heavy atom. The van der Waals surface area contributed by atoms with Crippen molar-refractivity contribution in [2.75, 3.05) is 31.5 Å². The number of piperazine rings is 1. The lowest BCUT2D eigenvalue weighted by molar-refractivity contribution is -0.122. The van der Waals surface area contributed by atoms with E-state index in [2.05, 4.69) is 15.6 Å². The summed E-state index contributed by atoms with van der Waals surface area (Å²) in [6, 6.07) is 3.10. The zero-order valence-electron chi connectivity index (χ0n) is 10.6. The average Bonchev–Trinajstić information content (AvgIpc) is 2.40. The van der Waals surface area contributed by atoms with Crippen molar-refractivity contribution >= 4 is 21.7 Å². The minimum absolute atomic E-state index is 0.101. The Balaban J connectivity index is 2.21. The number of nitrogens with one attached hydrogen (secondary N) is 2. The highest BCUT2D eigenvalue weighted by molar-refractivity contribution is 7.89. The third kappa shape index (κ3) is 3.02. The minimum Gasteiger partial charge on any atom is -0.370 e. The molecule has 0 aliphatic carbocycles. The molecule has 8 heteroatoms. The standard InChI is InChI=1S/C11H16N4O3S/c1-2-12-10-4-3-9(7-14-10)19(17,18)15-6-5-13-11(16)8-15/h3-4,7H,2,5-6,8H2,1H3,(H,12,14)(H,13,16).